The third-order valence-corrected chi connectivity index (χ3v) is 2.63. The van der Waals surface area contributed by atoms with E-state index in [9.17, 15) is 4.39 Å². The molecule has 0 atom stereocenters. The molecule has 1 aromatic heterocycles. The number of nitrogens with zero attached hydrogens (tertiary/aromatic N) is 1. The van der Waals surface area contributed by atoms with Crippen molar-refractivity contribution in [3.8, 4) is 5.69 Å². The van der Waals surface area contributed by atoms with Gasteiger partial charge >= 0.3 is 0 Å². The molecule has 0 unspecified atom stereocenters. The third-order valence-electron chi connectivity index (χ3n) is 2.63. The predicted octanol–water partition coefficient (Wildman–Crippen LogP) is 3.57. The van der Waals surface area contributed by atoms with Gasteiger partial charge < -0.3 is 4.57 Å². The Balaban J connectivity index is 2.33. The van der Waals surface area contributed by atoms with Crippen LogP contribution in [0.5, 0.6) is 0 Å². The van der Waals surface area contributed by atoms with Crippen LogP contribution in [0.15, 0.2) is 54.7 Å². The Morgan fingerprint density at radius 2 is 1.88 bits per heavy atom. The first-order valence-electron chi connectivity index (χ1n) is 5.08. The lowest BCUT2D eigenvalue weighted by Crippen LogP contribution is -1.90. The summed E-state index contributed by atoms with van der Waals surface area (Å²) in [7, 11) is 0. The summed E-state index contributed by atoms with van der Waals surface area (Å²) >= 11 is 0. The Labute approximate surface area is 92.8 Å². The monoisotopic (exact) mass is 210 g/mol. The highest BCUT2D eigenvalue weighted by Crippen LogP contribution is 2.22. The van der Waals surface area contributed by atoms with E-state index in [2.05, 4.69) is 6.07 Å². The van der Waals surface area contributed by atoms with E-state index in [4.69, 9.17) is 0 Å². The van der Waals surface area contributed by atoms with E-state index in [0.717, 1.165) is 11.2 Å². The third kappa shape index (κ3) is 1.31. The van der Waals surface area contributed by atoms with Gasteiger partial charge in [-0.3, -0.25) is 0 Å². The standard InChI is InChI=1S/C14H9FN/c15-13-10-16(11-6-2-1-3-7-11)14-9-5-4-8-12(13)14/h1-3,5-10H. The van der Waals surface area contributed by atoms with Crippen molar-refractivity contribution < 1.29 is 4.39 Å². The lowest BCUT2D eigenvalue weighted by molar-refractivity contribution is 0.636. The van der Waals surface area contributed by atoms with Crippen LogP contribution in [0.2, 0.25) is 0 Å². The van der Waals surface area contributed by atoms with E-state index in [1.165, 1.54) is 6.20 Å². The first-order valence-corrected chi connectivity index (χ1v) is 5.08. The lowest BCUT2D eigenvalue weighted by atomic mass is 10.2. The molecule has 0 saturated heterocycles. The number of fused-ring (bicyclic) bond motifs is 1. The minimum atomic E-state index is -0.212. The summed E-state index contributed by atoms with van der Waals surface area (Å²) in [5.41, 5.74) is 1.82. The summed E-state index contributed by atoms with van der Waals surface area (Å²) in [6, 6.07) is 17.9. The summed E-state index contributed by atoms with van der Waals surface area (Å²) in [4.78, 5) is 0. The van der Waals surface area contributed by atoms with Gasteiger partial charge in [-0.2, -0.15) is 0 Å². The largest absolute Gasteiger partial charge is 0.314 e. The van der Waals surface area contributed by atoms with Gasteiger partial charge in [0, 0.05) is 17.3 Å². The second kappa shape index (κ2) is 3.49. The van der Waals surface area contributed by atoms with Crippen LogP contribution in [0.4, 0.5) is 4.39 Å². The maximum atomic E-state index is 13.7. The van der Waals surface area contributed by atoms with Crippen LogP contribution >= 0.6 is 0 Å². The fourth-order valence-electron chi connectivity index (χ4n) is 1.88. The molecule has 1 radical (unpaired) electrons. The number of para-hydroxylation sites is 1. The number of aromatic nitrogens is 1. The SMILES string of the molecule is Fc1cn(-c2ccccc2)c2cc[c]cc12. The highest BCUT2D eigenvalue weighted by atomic mass is 19.1. The van der Waals surface area contributed by atoms with Gasteiger partial charge in [0.1, 0.15) is 5.82 Å². The van der Waals surface area contributed by atoms with Crippen molar-refractivity contribution in [3.05, 3.63) is 66.6 Å². The van der Waals surface area contributed by atoms with Crippen molar-refractivity contribution in [1.82, 2.24) is 4.57 Å². The van der Waals surface area contributed by atoms with Gasteiger partial charge in [-0.1, -0.05) is 24.3 Å². The summed E-state index contributed by atoms with van der Waals surface area (Å²) < 4.78 is 15.5. The van der Waals surface area contributed by atoms with Crippen molar-refractivity contribution in [1.29, 1.82) is 0 Å². The zero-order valence-electron chi connectivity index (χ0n) is 8.52. The summed E-state index contributed by atoms with van der Waals surface area (Å²) in [6.07, 6.45) is 1.51. The summed E-state index contributed by atoms with van der Waals surface area (Å²) in [6.45, 7) is 0. The van der Waals surface area contributed by atoms with E-state index >= 15 is 0 Å². The molecule has 16 heavy (non-hydrogen) atoms. The number of rotatable bonds is 1. The summed E-state index contributed by atoms with van der Waals surface area (Å²) in [5, 5.41) is 0.603. The van der Waals surface area contributed by atoms with E-state index in [1.54, 1.807) is 12.1 Å². The maximum Gasteiger partial charge on any atom is 0.149 e. The van der Waals surface area contributed by atoms with Crippen LogP contribution in [-0.4, -0.2) is 4.57 Å². The maximum absolute atomic E-state index is 13.7. The zero-order valence-corrected chi connectivity index (χ0v) is 8.52. The van der Waals surface area contributed by atoms with Crippen molar-refractivity contribution in [2.24, 2.45) is 0 Å². The normalized spacial score (nSPS) is 10.8. The van der Waals surface area contributed by atoms with Crippen molar-refractivity contribution in [2.75, 3.05) is 0 Å². The number of halogens is 1. The Hall–Kier alpha value is -2.09. The van der Waals surface area contributed by atoms with Gasteiger partial charge in [0.25, 0.3) is 0 Å². The van der Waals surface area contributed by atoms with Crippen LogP contribution < -0.4 is 0 Å². The van der Waals surface area contributed by atoms with Crippen LogP contribution in [-0.2, 0) is 0 Å². The highest BCUT2D eigenvalue weighted by molar-refractivity contribution is 5.82. The molecule has 0 aliphatic carbocycles. The second-order valence-corrected chi connectivity index (χ2v) is 3.63. The molecule has 0 spiro atoms. The van der Waals surface area contributed by atoms with Gasteiger partial charge in [-0.25, -0.2) is 4.39 Å². The van der Waals surface area contributed by atoms with E-state index in [0.29, 0.717) is 5.39 Å². The lowest BCUT2D eigenvalue weighted by Gasteiger charge is -2.03. The molecular formula is C14H9FN. The Kier molecular flexibility index (Phi) is 2.00. The predicted molar refractivity (Wildman–Crippen MR) is 62.1 cm³/mol. The van der Waals surface area contributed by atoms with Gasteiger partial charge in [-0.15, -0.1) is 0 Å². The zero-order chi connectivity index (χ0) is 11.0. The number of benzene rings is 2. The molecule has 77 valence electrons. The molecule has 0 saturated carbocycles. The Morgan fingerprint density at radius 3 is 2.69 bits per heavy atom. The molecule has 1 heterocycles. The molecule has 0 N–H and O–H groups in total. The average Bonchev–Trinajstić information content (AvgIpc) is 2.69. The number of hydrogen-bond donors (Lipinski definition) is 0. The molecule has 2 heteroatoms. The minimum absolute atomic E-state index is 0.212. The van der Waals surface area contributed by atoms with Gasteiger partial charge in [0.05, 0.1) is 5.52 Å². The van der Waals surface area contributed by atoms with E-state index < -0.39 is 0 Å². The fourth-order valence-corrected chi connectivity index (χ4v) is 1.88. The van der Waals surface area contributed by atoms with Crippen LogP contribution in [0.25, 0.3) is 16.6 Å². The highest BCUT2D eigenvalue weighted by Gasteiger charge is 2.07. The second-order valence-electron chi connectivity index (χ2n) is 3.63. The molecule has 0 aliphatic rings. The molecule has 0 fully saturated rings. The fraction of sp³-hybridized carbons (Fsp3) is 0. The smallest absolute Gasteiger partial charge is 0.149 e. The topological polar surface area (TPSA) is 4.93 Å². The van der Waals surface area contributed by atoms with Crippen molar-refractivity contribution >= 4 is 10.9 Å². The van der Waals surface area contributed by atoms with Gasteiger partial charge in [0.2, 0.25) is 0 Å². The molecule has 1 nitrogen and oxygen atoms in total. The first-order chi connectivity index (χ1) is 7.86. The molecule has 0 aliphatic heterocycles. The Morgan fingerprint density at radius 1 is 1.06 bits per heavy atom. The summed E-state index contributed by atoms with van der Waals surface area (Å²) in [5.74, 6) is -0.212. The van der Waals surface area contributed by atoms with Crippen molar-refractivity contribution in [3.63, 3.8) is 0 Å². The molecule has 2 aromatic carbocycles. The van der Waals surface area contributed by atoms with E-state index in [-0.39, 0.29) is 5.82 Å². The average molecular weight is 210 g/mol. The minimum Gasteiger partial charge on any atom is -0.314 e. The van der Waals surface area contributed by atoms with Gasteiger partial charge in [0.15, 0.2) is 0 Å². The quantitative estimate of drug-likeness (QED) is 0.578. The molecular weight excluding hydrogens is 201 g/mol. The number of hydrogen-bond acceptors (Lipinski definition) is 0. The van der Waals surface area contributed by atoms with Crippen molar-refractivity contribution in [2.45, 2.75) is 0 Å². The molecule has 3 rings (SSSR count). The van der Waals surface area contributed by atoms with Crippen LogP contribution in [0.3, 0.4) is 0 Å². The van der Waals surface area contributed by atoms with Gasteiger partial charge in [-0.05, 0) is 30.3 Å². The first kappa shape index (κ1) is 9.16. The van der Waals surface area contributed by atoms with Crippen LogP contribution in [0, 0.1) is 11.9 Å². The van der Waals surface area contributed by atoms with Crippen LogP contribution in [0.1, 0.15) is 0 Å². The Bertz CT molecular complexity index is 626. The van der Waals surface area contributed by atoms with E-state index in [1.807, 2.05) is 41.0 Å². The molecule has 0 amide bonds. The molecule has 3 aromatic rings. The molecule has 0 bridgehead atoms.